The number of nitrogens with zero attached hydrogens (tertiary/aromatic N) is 3. The topological polar surface area (TPSA) is 66.5 Å². The van der Waals surface area contributed by atoms with Gasteiger partial charge in [-0.2, -0.15) is 5.10 Å². The van der Waals surface area contributed by atoms with Crippen LogP contribution in [0.4, 0.5) is 5.69 Å². The lowest BCUT2D eigenvalue weighted by atomic mass is 10.1. The highest BCUT2D eigenvalue weighted by Gasteiger charge is 2.17. The molecule has 1 unspecified atom stereocenters. The Morgan fingerprint density at radius 1 is 1.23 bits per heavy atom. The number of halogens is 1. The Balaban J connectivity index is 1.98. The van der Waals surface area contributed by atoms with E-state index in [0.29, 0.717) is 0 Å². The van der Waals surface area contributed by atoms with Crippen molar-refractivity contribution in [2.75, 3.05) is 5.32 Å². The van der Waals surface area contributed by atoms with Crippen LogP contribution in [0.15, 0.2) is 47.5 Å². The lowest BCUT2D eigenvalue weighted by molar-refractivity contribution is 0.830. The molecule has 2 aromatic heterocycles. The number of aryl methyl sites for hydroxylation is 2. The molecule has 2 heterocycles. The lowest BCUT2D eigenvalue weighted by Gasteiger charge is -2.19. The van der Waals surface area contributed by atoms with Crippen molar-refractivity contribution in [1.29, 1.82) is 0 Å². The maximum absolute atomic E-state index is 4.29. The molecule has 0 spiro atoms. The van der Waals surface area contributed by atoms with E-state index in [-0.39, 0.29) is 6.04 Å². The van der Waals surface area contributed by atoms with Gasteiger partial charge in [0, 0.05) is 28.1 Å². The summed E-state index contributed by atoms with van der Waals surface area (Å²) in [6.07, 6.45) is 5.10. The van der Waals surface area contributed by atoms with E-state index >= 15 is 0 Å². The summed E-state index contributed by atoms with van der Waals surface area (Å²) in [5, 5.41) is 10.4. The molecule has 1 atom stereocenters. The summed E-state index contributed by atoms with van der Waals surface area (Å²) in [4.78, 5) is 8.48. The second-order valence-electron chi connectivity index (χ2n) is 5.16. The number of hydrogen-bond donors (Lipinski definition) is 2. The molecule has 3 rings (SSSR count). The summed E-state index contributed by atoms with van der Waals surface area (Å²) >= 11 is 3.60. The van der Waals surface area contributed by atoms with E-state index < -0.39 is 0 Å². The van der Waals surface area contributed by atoms with E-state index in [0.717, 1.165) is 21.5 Å². The molecule has 5 nitrogen and oxygen atoms in total. The van der Waals surface area contributed by atoms with Crippen LogP contribution in [-0.2, 0) is 0 Å². The highest BCUT2D eigenvalue weighted by Crippen LogP contribution is 2.29. The summed E-state index contributed by atoms with van der Waals surface area (Å²) in [6, 6.07) is 8.02. The maximum Gasteiger partial charge on any atom is 0.151 e. The second-order valence-corrected chi connectivity index (χ2v) is 5.95. The fraction of sp³-hybridized carbons (Fsp3) is 0.188. The molecule has 0 amide bonds. The molecule has 0 aliphatic rings. The predicted molar refractivity (Wildman–Crippen MR) is 89.7 cm³/mol. The first kappa shape index (κ1) is 14.7. The number of hydrogen-bond acceptors (Lipinski definition) is 4. The van der Waals surface area contributed by atoms with Crippen LogP contribution < -0.4 is 5.32 Å². The van der Waals surface area contributed by atoms with Gasteiger partial charge in [-0.3, -0.25) is 10.1 Å². The standard InChI is InChI=1S/C16H16BrN5/c1-10-6-13(7-11(2)14(10)17)21-15(16-19-9-20-22-16)12-4-3-5-18-8-12/h3-9,15,21H,1-2H3,(H,19,20,22). The van der Waals surface area contributed by atoms with Crippen LogP contribution in [0.3, 0.4) is 0 Å². The van der Waals surface area contributed by atoms with Gasteiger partial charge in [-0.25, -0.2) is 4.98 Å². The minimum atomic E-state index is -0.129. The molecule has 6 heteroatoms. The highest BCUT2D eigenvalue weighted by atomic mass is 79.9. The van der Waals surface area contributed by atoms with Crippen molar-refractivity contribution in [3.63, 3.8) is 0 Å². The summed E-state index contributed by atoms with van der Waals surface area (Å²) in [5.41, 5.74) is 4.43. The van der Waals surface area contributed by atoms with E-state index in [9.17, 15) is 0 Å². The third-order valence-corrected chi connectivity index (χ3v) is 4.72. The average molecular weight is 358 g/mol. The van der Waals surface area contributed by atoms with E-state index in [1.165, 1.54) is 17.5 Å². The third kappa shape index (κ3) is 3.01. The van der Waals surface area contributed by atoms with Gasteiger partial charge in [0.2, 0.25) is 0 Å². The zero-order valence-electron chi connectivity index (χ0n) is 12.3. The molecule has 0 aliphatic carbocycles. The summed E-state index contributed by atoms with van der Waals surface area (Å²) in [7, 11) is 0. The van der Waals surface area contributed by atoms with Crippen molar-refractivity contribution in [2.24, 2.45) is 0 Å². The number of aromatic nitrogens is 4. The van der Waals surface area contributed by atoms with Crippen LogP contribution in [0.2, 0.25) is 0 Å². The van der Waals surface area contributed by atoms with E-state index in [4.69, 9.17) is 0 Å². The zero-order valence-corrected chi connectivity index (χ0v) is 13.9. The van der Waals surface area contributed by atoms with Crippen LogP contribution in [-0.4, -0.2) is 20.2 Å². The average Bonchev–Trinajstić information content (AvgIpc) is 3.05. The van der Waals surface area contributed by atoms with Crippen LogP contribution in [0.5, 0.6) is 0 Å². The van der Waals surface area contributed by atoms with Crippen molar-refractivity contribution in [3.05, 3.63) is 70.0 Å². The summed E-state index contributed by atoms with van der Waals surface area (Å²) < 4.78 is 1.13. The zero-order chi connectivity index (χ0) is 15.5. The lowest BCUT2D eigenvalue weighted by Crippen LogP contribution is -2.14. The molecule has 1 aromatic carbocycles. The first-order chi connectivity index (χ1) is 10.6. The number of rotatable bonds is 4. The van der Waals surface area contributed by atoms with Crippen molar-refractivity contribution < 1.29 is 0 Å². The molecule has 3 aromatic rings. The van der Waals surface area contributed by atoms with Gasteiger partial charge in [0.1, 0.15) is 12.4 Å². The fourth-order valence-corrected chi connectivity index (χ4v) is 2.64. The largest absolute Gasteiger partial charge is 0.371 e. The van der Waals surface area contributed by atoms with Crippen molar-refractivity contribution in [3.8, 4) is 0 Å². The van der Waals surface area contributed by atoms with Gasteiger partial charge in [0.15, 0.2) is 5.82 Å². The Kier molecular flexibility index (Phi) is 4.20. The number of H-pyrrole nitrogens is 1. The molecule has 0 bridgehead atoms. The van der Waals surface area contributed by atoms with E-state index in [1.807, 2.05) is 18.3 Å². The highest BCUT2D eigenvalue weighted by molar-refractivity contribution is 9.10. The molecule has 112 valence electrons. The molecule has 0 aliphatic heterocycles. The van der Waals surface area contributed by atoms with Crippen molar-refractivity contribution in [1.82, 2.24) is 20.2 Å². The van der Waals surface area contributed by atoms with Gasteiger partial charge in [0.25, 0.3) is 0 Å². The first-order valence-electron chi connectivity index (χ1n) is 6.93. The maximum atomic E-state index is 4.29. The summed E-state index contributed by atoms with van der Waals surface area (Å²) in [5.74, 6) is 0.756. The Bertz CT molecular complexity index is 732. The van der Waals surface area contributed by atoms with E-state index in [1.54, 1.807) is 6.20 Å². The molecule has 22 heavy (non-hydrogen) atoms. The summed E-state index contributed by atoms with van der Waals surface area (Å²) in [6.45, 7) is 4.16. The quantitative estimate of drug-likeness (QED) is 0.745. The first-order valence-corrected chi connectivity index (χ1v) is 7.73. The Hall–Kier alpha value is -2.21. The number of aromatic amines is 1. The van der Waals surface area contributed by atoms with Gasteiger partial charge in [0.05, 0.1) is 0 Å². The van der Waals surface area contributed by atoms with Gasteiger partial charge in [-0.05, 0) is 43.2 Å². The number of pyridine rings is 1. The minimum absolute atomic E-state index is 0.129. The van der Waals surface area contributed by atoms with Crippen molar-refractivity contribution >= 4 is 21.6 Å². The normalized spacial score (nSPS) is 12.1. The van der Waals surface area contributed by atoms with Gasteiger partial charge >= 0.3 is 0 Å². The van der Waals surface area contributed by atoms with Crippen molar-refractivity contribution in [2.45, 2.75) is 19.9 Å². The molecule has 0 fully saturated rings. The van der Waals surface area contributed by atoms with Crippen LogP contribution in [0.1, 0.15) is 28.6 Å². The van der Waals surface area contributed by atoms with Crippen LogP contribution >= 0.6 is 15.9 Å². The Morgan fingerprint density at radius 2 is 2.00 bits per heavy atom. The Labute approximate surface area is 137 Å². The molecular formula is C16H16BrN5. The van der Waals surface area contributed by atoms with Gasteiger partial charge in [-0.1, -0.05) is 22.0 Å². The van der Waals surface area contributed by atoms with Gasteiger partial charge < -0.3 is 5.32 Å². The monoisotopic (exact) mass is 357 g/mol. The van der Waals surface area contributed by atoms with Crippen LogP contribution in [0.25, 0.3) is 0 Å². The molecule has 0 saturated heterocycles. The predicted octanol–water partition coefficient (Wildman–Crippen LogP) is 3.78. The number of anilines is 1. The molecular weight excluding hydrogens is 342 g/mol. The molecule has 0 saturated carbocycles. The molecule has 2 N–H and O–H groups in total. The minimum Gasteiger partial charge on any atom is -0.371 e. The smallest absolute Gasteiger partial charge is 0.151 e. The molecule has 0 radical (unpaired) electrons. The number of nitrogens with one attached hydrogen (secondary N) is 2. The van der Waals surface area contributed by atoms with Crippen LogP contribution in [0, 0.1) is 13.8 Å². The fourth-order valence-electron chi connectivity index (χ4n) is 2.41. The Morgan fingerprint density at radius 3 is 2.59 bits per heavy atom. The number of benzene rings is 1. The second kappa shape index (κ2) is 6.27. The SMILES string of the molecule is Cc1cc(NC(c2cccnc2)c2ncn[nH]2)cc(C)c1Br. The van der Waals surface area contributed by atoms with E-state index in [2.05, 4.69) is 67.4 Å². The third-order valence-electron chi connectivity index (χ3n) is 3.47. The van der Waals surface area contributed by atoms with Gasteiger partial charge in [-0.15, -0.1) is 0 Å².